The van der Waals surface area contributed by atoms with E-state index >= 15 is 0 Å². The molecule has 0 bridgehead atoms. The van der Waals surface area contributed by atoms with Gasteiger partial charge in [-0.05, 0) is 24.5 Å². The highest BCUT2D eigenvalue weighted by Crippen LogP contribution is 2.28. The molecular formula is C12H12F3N. The predicted molar refractivity (Wildman–Crippen MR) is 55.6 cm³/mol. The number of unbranched alkanes of at least 4 members (excludes halogenated alkanes) is 2. The SMILES string of the molecule is CCCCC#Cc1ccc(C(F)(F)F)cn1. The summed E-state index contributed by atoms with van der Waals surface area (Å²) in [4.78, 5) is 3.65. The van der Waals surface area contributed by atoms with Crippen molar-refractivity contribution in [2.24, 2.45) is 0 Å². The molecule has 0 saturated heterocycles. The molecule has 0 amide bonds. The topological polar surface area (TPSA) is 12.9 Å². The van der Waals surface area contributed by atoms with Gasteiger partial charge in [0.1, 0.15) is 5.69 Å². The maximum atomic E-state index is 12.2. The Morgan fingerprint density at radius 2 is 2.06 bits per heavy atom. The van der Waals surface area contributed by atoms with Crippen LogP contribution >= 0.6 is 0 Å². The fourth-order valence-corrected chi connectivity index (χ4v) is 1.05. The van der Waals surface area contributed by atoms with Gasteiger partial charge in [-0.25, -0.2) is 4.98 Å². The summed E-state index contributed by atoms with van der Waals surface area (Å²) >= 11 is 0. The molecule has 1 nitrogen and oxygen atoms in total. The summed E-state index contributed by atoms with van der Waals surface area (Å²) in [5, 5.41) is 0. The van der Waals surface area contributed by atoms with Gasteiger partial charge in [-0.2, -0.15) is 13.2 Å². The van der Waals surface area contributed by atoms with Gasteiger partial charge in [-0.3, -0.25) is 0 Å². The first-order valence-electron chi connectivity index (χ1n) is 5.06. The van der Waals surface area contributed by atoms with Crippen molar-refractivity contribution in [3.63, 3.8) is 0 Å². The van der Waals surface area contributed by atoms with Crippen molar-refractivity contribution in [3.8, 4) is 11.8 Å². The average Bonchev–Trinajstić information content (AvgIpc) is 2.24. The third-order valence-electron chi connectivity index (χ3n) is 1.96. The molecule has 0 spiro atoms. The van der Waals surface area contributed by atoms with Gasteiger partial charge in [0.25, 0.3) is 0 Å². The smallest absolute Gasteiger partial charge is 0.247 e. The second kappa shape index (κ2) is 5.55. The van der Waals surface area contributed by atoms with E-state index in [2.05, 4.69) is 23.7 Å². The lowest BCUT2D eigenvalue weighted by Crippen LogP contribution is -2.05. The van der Waals surface area contributed by atoms with Crippen LogP contribution in [0.25, 0.3) is 0 Å². The van der Waals surface area contributed by atoms with E-state index in [9.17, 15) is 13.2 Å². The van der Waals surface area contributed by atoms with E-state index < -0.39 is 11.7 Å². The highest BCUT2D eigenvalue weighted by molar-refractivity contribution is 5.29. The van der Waals surface area contributed by atoms with Crippen LogP contribution in [0.4, 0.5) is 13.2 Å². The van der Waals surface area contributed by atoms with E-state index in [4.69, 9.17) is 0 Å². The standard InChI is InChI=1S/C12H12F3N/c1-2-3-4-5-6-11-8-7-10(9-16-11)12(13,14)15/h7-9H,2-4H2,1H3. The summed E-state index contributed by atoms with van der Waals surface area (Å²) in [5.41, 5.74) is -0.365. The zero-order valence-electron chi connectivity index (χ0n) is 8.93. The lowest BCUT2D eigenvalue weighted by Gasteiger charge is -2.04. The summed E-state index contributed by atoms with van der Waals surface area (Å²) in [7, 11) is 0. The lowest BCUT2D eigenvalue weighted by molar-refractivity contribution is -0.137. The Morgan fingerprint density at radius 1 is 1.31 bits per heavy atom. The van der Waals surface area contributed by atoms with Gasteiger partial charge in [0.2, 0.25) is 0 Å². The maximum absolute atomic E-state index is 12.2. The molecule has 0 fully saturated rings. The molecule has 0 unspecified atom stereocenters. The van der Waals surface area contributed by atoms with Gasteiger partial charge in [-0.15, -0.1) is 0 Å². The average molecular weight is 227 g/mol. The number of pyridine rings is 1. The Hall–Kier alpha value is -1.50. The lowest BCUT2D eigenvalue weighted by atomic mass is 10.2. The minimum absolute atomic E-state index is 0.379. The van der Waals surface area contributed by atoms with E-state index in [-0.39, 0.29) is 0 Å². The monoisotopic (exact) mass is 227 g/mol. The molecule has 1 aromatic heterocycles. The molecule has 0 radical (unpaired) electrons. The van der Waals surface area contributed by atoms with E-state index in [1.165, 1.54) is 6.07 Å². The summed E-state index contributed by atoms with van der Waals surface area (Å²) in [5.74, 6) is 5.60. The van der Waals surface area contributed by atoms with Crippen LogP contribution in [0.15, 0.2) is 18.3 Å². The molecular weight excluding hydrogens is 215 g/mol. The van der Waals surface area contributed by atoms with Crippen LogP contribution in [-0.4, -0.2) is 4.98 Å². The number of aromatic nitrogens is 1. The van der Waals surface area contributed by atoms with Crippen molar-refractivity contribution >= 4 is 0 Å². The minimum atomic E-state index is -4.33. The molecule has 86 valence electrons. The van der Waals surface area contributed by atoms with Crippen LogP contribution in [0.2, 0.25) is 0 Å². The van der Waals surface area contributed by atoms with Crippen molar-refractivity contribution in [2.75, 3.05) is 0 Å². The zero-order valence-corrected chi connectivity index (χ0v) is 8.93. The molecule has 0 aliphatic carbocycles. The Balaban J connectivity index is 2.67. The summed E-state index contributed by atoms with van der Waals surface area (Å²) < 4.78 is 36.6. The van der Waals surface area contributed by atoms with Crippen molar-refractivity contribution in [2.45, 2.75) is 32.4 Å². The normalized spacial score (nSPS) is 10.8. The van der Waals surface area contributed by atoms with Crippen LogP contribution in [0, 0.1) is 11.8 Å². The Kier molecular flexibility index (Phi) is 4.36. The molecule has 0 aromatic carbocycles. The second-order valence-electron chi connectivity index (χ2n) is 3.34. The Bertz CT molecular complexity index is 381. The highest BCUT2D eigenvalue weighted by Gasteiger charge is 2.30. The summed E-state index contributed by atoms with van der Waals surface area (Å²) in [6.45, 7) is 2.05. The minimum Gasteiger partial charge on any atom is -0.247 e. The number of nitrogens with zero attached hydrogens (tertiary/aromatic N) is 1. The van der Waals surface area contributed by atoms with Crippen LogP contribution in [0.3, 0.4) is 0 Å². The largest absolute Gasteiger partial charge is 0.417 e. The first-order valence-corrected chi connectivity index (χ1v) is 5.06. The number of alkyl halides is 3. The van der Waals surface area contributed by atoms with Gasteiger partial charge in [0.15, 0.2) is 0 Å². The number of rotatable bonds is 2. The molecule has 1 aromatic rings. The van der Waals surface area contributed by atoms with E-state index in [1.807, 2.05) is 0 Å². The number of hydrogen-bond donors (Lipinski definition) is 0. The Morgan fingerprint density at radius 3 is 2.56 bits per heavy atom. The van der Waals surface area contributed by atoms with Crippen LogP contribution in [0.1, 0.15) is 37.4 Å². The highest BCUT2D eigenvalue weighted by atomic mass is 19.4. The fraction of sp³-hybridized carbons (Fsp3) is 0.417. The molecule has 0 aliphatic heterocycles. The molecule has 0 N–H and O–H groups in total. The predicted octanol–water partition coefficient (Wildman–Crippen LogP) is 3.64. The van der Waals surface area contributed by atoms with Crippen molar-refractivity contribution in [1.29, 1.82) is 0 Å². The van der Waals surface area contributed by atoms with Crippen molar-refractivity contribution in [3.05, 3.63) is 29.6 Å². The van der Waals surface area contributed by atoms with Gasteiger partial charge in [0.05, 0.1) is 5.56 Å². The first kappa shape index (κ1) is 12.6. The molecule has 0 atom stereocenters. The van der Waals surface area contributed by atoms with Gasteiger partial charge >= 0.3 is 6.18 Å². The van der Waals surface area contributed by atoms with Crippen LogP contribution in [-0.2, 0) is 6.18 Å². The Labute approximate surface area is 92.7 Å². The van der Waals surface area contributed by atoms with Crippen LogP contribution < -0.4 is 0 Å². The molecule has 0 saturated carbocycles. The fourth-order valence-electron chi connectivity index (χ4n) is 1.05. The first-order chi connectivity index (χ1) is 7.54. The summed E-state index contributed by atoms with van der Waals surface area (Å²) in [6.07, 6.45) is -0.729. The third-order valence-corrected chi connectivity index (χ3v) is 1.96. The molecule has 16 heavy (non-hydrogen) atoms. The van der Waals surface area contributed by atoms with E-state index in [1.54, 1.807) is 0 Å². The van der Waals surface area contributed by atoms with E-state index in [0.717, 1.165) is 31.5 Å². The van der Waals surface area contributed by atoms with Crippen LogP contribution in [0.5, 0.6) is 0 Å². The quantitative estimate of drug-likeness (QED) is 0.555. The number of hydrogen-bond acceptors (Lipinski definition) is 1. The van der Waals surface area contributed by atoms with Gasteiger partial charge < -0.3 is 0 Å². The van der Waals surface area contributed by atoms with E-state index in [0.29, 0.717) is 5.69 Å². The molecule has 1 rings (SSSR count). The maximum Gasteiger partial charge on any atom is 0.417 e. The number of halogens is 3. The molecule has 0 aliphatic rings. The van der Waals surface area contributed by atoms with Gasteiger partial charge in [0, 0.05) is 12.6 Å². The van der Waals surface area contributed by atoms with Crippen molar-refractivity contribution < 1.29 is 13.2 Å². The summed E-state index contributed by atoms with van der Waals surface area (Å²) in [6, 6.07) is 2.29. The van der Waals surface area contributed by atoms with Gasteiger partial charge in [-0.1, -0.05) is 19.3 Å². The molecule has 4 heteroatoms. The second-order valence-corrected chi connectivity index (χ2v) is 3.34. The molecule has 1 heterocycles. The zero-order chi connectivity index (χ0) is 12.0. The third kappa shape index (κ3) is 3.93. The van der Waals surface area contributed by atoms with Crippen molar-refractivity contribution in [1.82, 2.24) is 4.98 Å².